The fraction of sp³-hybridized carbons (Fsp3) is 0.500. The average Bonchev–Trinajstić information content (AvgIpc) is 2.37. The molecule has 1 N–H and O–H groups in total. The van der Waals surface area contributed by atoms with Gasteiger partial charge >= 0.3 is 0 Å². The second kappa shape index (κ2) is 5.95. The minimum atomic E-state index is -0.227. The minimum Gasteiger partial charge on any atom is -0.378 e. The number of ether oxygens (including phenoxy) is 1. The molecule has 5 heteroatoms. The van der Waals surface area contributed by atoms with Gasteiger partial charge in [0, 0.05) is 25.3 Å². The number of hydroxylamine groups is 1. The van der Waals surface area contributed by atoms with Crippen molar-refractivity contribution in [3.8, 4) is 0 Å². The van der Waals surface area contributed by atoms with Gasteiger partial charge in [0.05, 0.1) is 20.3 Å². The van der Waals surface area contributed by atoms with Gasteiger partial charge < -0.3 is 14.5 Å². The van der Waals surface area contributed by atoms with Crippen LogP contribution in [0.2, 0.25) is 0 Å². The highest BCUT2D eigenvalue weighted by molar-refractivity contribution is 5.54. The van der Waals surface area contributed by atoms with Crippen LogP contribution in [0.15, 0.2) is 18.2 Å². The van der Waals surface area contributed by atoms with Crippen LogP contribution in [0.3, 0.4) is 0 Å². The minimum absolute atomic E-state index is 0.227. The first-order valence-electron chi connectivity index (χ1n) is 5.68. The maximum atomic E-state index is 13.2. The molecule has 0 aromatic heterocycles. The molecule has 17 heavy (non-hydrogen) atoms. The molecule has 1 aliphatic rings. The number of anilines is 1. The summed E-state index contributed by atoms with van der Waals surface area (Å²) in [5.41, 5.74) is 4.68. The van der Waals surface area contributed by atoms with Crippen molar-refractivity contribution in [3.05, 3.63) is 29.6 Å². The van der Waals surface area contributed by atoms with E-state index in [0.29, 0.717) is 19.8 Å². The van der Waals surface area contributed by atoms with Crippen LogP contribution in [0.5, 0.6) is 0 Å². The number of nitrogens with zero attached hydrogens (tertiary/aromatic N) is 1. The third kappa shape index (κ3) is 3.15. The lowest BCUT2D eigenvalue weighted by Crippen LogP contribution is -2.37. The average molecular weight is 240 g/mol. The highest BCUT2D eigenvalue weighted by Gasteiger charge is 2.15. The first kappa shape index (κ1) is 12.3. The smallest absolute Gasteiger partial charge is 0.123 e. The zero-order chi connectivity index (χ0) is 12.1. The van der Waals surface area contributed by atoms with Gasteiger partial charge in [0.2, 0.25) is 0 Å². The zero-order valence-corrected chi connectivity index (χ0v) is 9.91. The van der Waals surface area contributed by atoms with Gasteiger partial charge in [-0.05, 0) is 23.8 Å². The molecule has 0 amide bonds. The van der Waals surface area contributed by atoms with Crippen molar-refractivity contribution < 1.29 is 14.0 Å². The molecular weight excluding hydrogens is 223 g/mol. The third-order valence-corrected chi connectivity index (χ3v) is 2.80. The van der Waals surface area contributed by atoms with Gasteiger partial charge in [-0.25, -0.2) is 4.39 Å². The fourth-order valence-electron chi connectivity index (χ4n) is 1.96. The molecule has 0 bridgehead atoms. The van der Waals surface area contributed by atoms with Crippen LogP contribution in [-0.4, -0.2) is 33.4 Å². The molecule has 0 saturated carbocycles. The van der Waals surface area contributed by atoms with E-state index in [4.69, 9.17) is 9.57 Å². The topological polar surface area (TPSA) is 33.7 Å². The molecule has 1 aliphatic heterocycles. The molecule has 0 radical (unpaired) electrons. The van der Waals surface area contributed by atoms with Crippen LogP contribution in [-0.2, 0) is 16.1 Å². The van der Waals surface area contributed by atoms with Gasteiger partial charge in [-0.2, -0.15) is 5.48 Å². The highest BCUT2D eigenvalue weighted by atomic mass is 19.1. The van der Waals surface area contributed by atoms with Gasteiger partial charge in [0.25, 0.3) is 0 Å². The quantitative estimate of drug-likeness (QED) is 0.805. The van der Waals surface area contributed by atoms with E-state index >= 15 is 0 Å². The Kier molecular flexibility index (Phi) is 4.30. The van der Waals surface area contributed by atoms with E-state index in [1.165, 1.54) is 12.1 Å². The summed E-state index contributed by atoms with van der Waals surface area (Å²) in [6, 6.07) is 4.84. The van der Waals surface area contributed by atoms with Crippen LogP contribution in [0.1, 0.15) is 5.56 Å². The molecular formula is C12H17FN2O2. The van der Waals surface area contributed by atoms with Gasteiger partial charge in [-0.1, -0.05) is 0 Å². The predicted molar refractivity (Wildman–Crippen MR) is 63.3 cm³/mol. The summed E-state index contributed by atoms with van der Waals surface area (Å²) >= 11 is 0. The third-order valence-electron chi connectivity index (χ3n) is 2.80. The fourth-order valence-corrected chi connectivity index (χ4v) is 1.96. The SMILES string of the molecule is CONCc1cc(F)ccc1N1CCOCC1. The second-order valence-corrected chi connectivity index (χ2v) is 3.90. The molecule has 2 rings (SSSR count). The van der Waals surface area contributed by atoms with Crippen molar-refractivity contribution >= 4 is 5.69 Å². The molecule has 0 atom stereocenters. The van der Waals surface area contributed by atoms with Crippen molar-refractivity contribution in [2.75, 3.05) is 38.3 Å². The first-order valence-corrected chi connectivity index (χ1v) is 5.68. The number of nitrogens with one attached hydrogen (secondary N) is 1. The van der Waals surface area contributed by atoms with Crippen LogP contribution < -0.4 is 10.4 Å². The second-order valence-electron chi connectivity index (χ2n) is 3.90. The van der Waals surface area contributed by atoms with Gasteiger partial charge in [0.1, 0.15) is 5.82 Å². The first-order chi connectivity index (χ1) is 8.31. The lowest BCUT2D eigenvalue weighted by Gasteiger charge is -2.30. The molecule has 1 heterocycles. The molecule has 0 unspecified atom stereocenters. The van der Waals surface area contributed by atoms with Crippen molar-refractivity contribution in [2.24, 2.45) is 0 Å². The molecule has 1 aromatic carbocycles. The van der Waals surface area contributed by atoms with Crippen molar-refractivity contribution in [3.63, 3.8) is 0 Å². The van der Waals surface area contributed by atoms with Crippen LogP contribution >= 0.6 is 0 Å². The Balaban J connectivity index is 2.18. The lowest BCUT2D eigenvalue weighted by atomic mass is 10.1. The Hall–Kier alpha value is -1.17. The molecule has 1 fully saturated rings. The van der Waals surface area contributed by atoms with Gasteiger partial charge in [-0.15, -0.1) is 0 Å². The molecule has 0 aliphatic carbocycles. The van der Waals surface area contributed by atoms with E-state index in [-0.39, 0.29) is 5.82 Å². The van der Waals surface area contributed by atoms with Crippen LogP contribution in [0.4, 0.5) is 10.1 Å². The summed E-state index contributed by atoms with van der Waals surface area (Å²) in [6.07, 6.45) is 0. The summed E-state index contributed by atoms with van der Waals surface area (Å²) in [4.78, 5) is 7.02. The molecule has 4 nitrogen and oxygen atoms in total. The number of morpholine rings is 1. The van der Waals surface area contributed by atoms with Crippen molar-refractivity contribution in [1.29, 1.82) is 0 Å². The summed E-state index contributed by atoms with van der Waals surface area (Å²) in [6.45, 7) is 3.60. The zero-order valence-electron chi connectivity index (χ0n) is 9.91. The van der Waals surface area contributed by atoms with E-state index < -0.39 is 0 Å². The summed E-state index contributed by atoms with van der Waals surface area (Å²) in [5, 5.41) is 0. The molecule has 1 saturated heterocycles. The predicted octanol–water partition coefficient (Wildman–Crippen LogP) is 1.31. The lowest BCUT2D eigenvalue weighted by molar-refractivity contribution is 0.0865. The Bertz CT molecular complexity index is 368. The number of benzene rings is 1. The maximum Gasteiger partial charge on any atom is 0.123 e. The molecule has 1 aromatic rings. The largest absolute Gasteiger partial charge is 0.378 e. The number of rotatable bonds is 4. The van der Waals surface area contributed by atoms with Crippen LogP contribution in [0.25, 0.3) is 0 Å². The maximum absolute atomic E-state index is 13.2. The van der Waals surface area contributed by atoms with E-state index in [0.717, 1.165) is 24.3 Å². The van der Waals surface area contributed by atoms with Gasteiger partial charge in [0.15, 0.2) is 0 Å². The summed E-state index contributed by atoms with van der Waals surface area (Å²) < 4.78 is 18.5. The monoisotopic (exact) mass is 240 g/mol. The number of halogens is 1. The van der Waals surface area contributed by atoms with E-state index in [9.17, 15) is 4.39 Å². The molecule has 0 spiro atoms. The normalized spacial score (nSPS) is 16.2. The Morgan fingerprint density at radius 2 is 2.18 bits per heavy atom. The Labute approximate surface area is 100 Å². The Morgan fingerprint density at radius 1 is 1.41 bits per heavy atom. The van der Waals surface area contributed by atoms with Crippen molar-refractivity contribution in [2.45, 2.75) is 6.54 Å². The highest BCUT2D eigenvalue weighted by Crippen LogP contribution is 2.22. The summed E-state index contributed by atoms with van der Waals surface area (Å²) in [5.74, 6) is -0.227. The van der Waals surface area contributed by atoms with Crippen LogP contribution in [0, 0.1) is 5.82 Å². The molecule has 94 valence electrons. The number of hydrogen-bond donors (Lipinski definition) is 1. The standard InChI is InChI=1S/C12H17FN2O2/c1-16-14-9-10-8-11(13)2-3-12(10)15-4-6-17-7-5-15/h2-3,8,14H,4-7,9H2,1H3. The van der Waals surface area contributed by atoms with E-state index in [1.807, 2.05) is 6.07 Å². The van der Waals surface area contributed by atoms with E-state index in [1.54, 1.807) is 7.11 Å². The number of hydrogen-bond acceptors (Lipinski definition) is 4. The van der Waals surface area contributed by atoms with E-state index in [2.05, 4.69) is 10.4 Å². The van der Waals surface area contributed by atoms with Crippen molar-refractivity contribution in [1.82, 2.24) is 5.48 Å². The summed E-state index contributed by atoms with van der Waals surface area (Å²) in [7, 11) is 1.55. The Morgan fingerprint density at radius 3 is 2.88 bits per heavy atom. The van der Waals surface area contributed by atoms with Gasteiger partial charge in [-0.3, -0.25) is 0 Å².